The number of Topliss-reactive ketones (excluding diaryl/α,β-unsaturated/α-hetero) is 1. The highest BCUT2D eigenvalue weighted by Crippen LogP contribution is 2.30. The number of phenolic OH excluding ortho intramolecular Hbond substituents is 1. The second-order valence-electron chi connectivity index (χ2n) is 4.34. The highest BCUT2D eigenvalue weighted by molar-refractivity contribution is 6.12. The van der Waals surface area contributed by atoms with Crippen molar-refractivity contribution in [3.63, 3.8) is 0 Å². The first-order valence-electron chi connectivity index (χ1n) is 6.05. The molecule has 0 amide bonds. The van der Waals surface area contributed by atoms with Crippen LogP contribution >= 0.6 is 0 Å². The maximum Gasteiger partial charge on any atom is 0.420 e. The lowest BCUT2D eigenvalue weighted by Gasteiger charge is -2.11. The predicted molar refractivity (Wildman–Crippen MR) is 72.9 cm³/mol. The van der Waals surface area contributed by atoms with Gasteiger partial charge in [-0.05, 0) is 35.9 Å². The van der Waals surface area contributed by atoms with Crippen molar-refractivity contribution in [1.29, 1.82) is 0 Å². The van der Waals surface area contributed by atoms with Gasteiger partial charge in [-0.3, -0.25) is 4.79 Å². The smallest absolute Gasteiger partial charge is 0.420 e. The van der Waals surface area contributed by atoms with Crippen LogP contribution in [0.3, 0.4) is 0 Å². The Morgan fingerprint density at radius 3 is 2.05 bits per heavy atom. The number of carbonyl (C=O) groups excluding carboxylic acids is 1. The molecule has 0 atom stereocenters. The molecule has 0 aliphatic heterocycles. The molecule has 0 saturated carbocycles. The maximum absolute atomic E-state index is 13.1. The van der Waals surface area contributed by atoms with E-state index >= 15 is 0 Å². The number of allylic oxidation sites excluding steroid dienone is 1. The second-order valence-corrected chi connectivity index (χ2v) is 4.34. The van der Waals surface area contributed by atoms with Crippen LogP contribution in [0, 0.1) is 0 Å². The zero-order valence-electron chi connectivity index (χ0n) is 10.8. The Bertz CT molecular complexity index is 656. The zero-order chi connectivity index (χ0) is 15.5. The quantitative estimate of drug-likeness (QED) is 0.679. The number of carbonyl (C=O) groups is 1. The molecule has 0 bridgehead atoms. The molecule has 2 aromatic rings. The van der Waals surface area contributed by atoms with Gasteiger partial charge in [0, 0.05) is 5.56 Å². The lowest BCUT2D eigenvalue weighted by atomic mass is 10.0. The van der Waals surface area contributed by atoms with Gasteiger partial charge in [-0.2, -0.15) is 13.2 Å². The van der Waals surface area contributed by atoms with Crippen molar-refractivity contribution in [3.8, 4) is 5.75 Å². The van der Waals surface area contributed by atoms with Crippen LogP contribution in [0.5, 0.6) is 5.75 Å². The fourth-order valence-corrected chi connectivity index (χ4v) is 1.76. The van der Waals surface area contributed by atoms with E-state index in [1.54, 1.807) is 18.2 Å². The molecular formula is C16H11F3O2. The highest BCUT2D eigenvalue weighted by atomic mass is 19.4. The number of benzene rings is 2. The summed E-state index contributed by atoms with van der Waals surface area (Å²) in [4.78, 5) is 12.0. The largest absolute Gasteiger partial charge is 0.508 e. The molecule has 0 aliphatic rings. The summed E-state index contributed by atoms with van der Waals surface area (Å²) < 4.78 is 39.2. The first-order valence-corrected chi connectivity index (χ1v) is 6.05. The van der Waals surface area contributed by atoms with Crippen LogP contribution < -0.4 is 0 Å². The molecule has 1 N–H and O–H groups in total. The minimum absolute atomic E-state index is 0.118. The van der Waals surface area contributed by atoms with E-state index in [-0.39, 0.29) is 16.9 Å². The third kappa shape index (κ3) is 3.72. The van der Waals surface area contributed by atoms with E-state index in [1.807, 2.05) is 0 Å². The molecule has 0 spiro atoms. The molecule has 0 fully saturated rings. The summed E-state index contributed by atoms with van der Waals surface area (Å²) in [6.07, 6.45) is -3.94. The van der Waals surface area contributed by atoms with Crippen LogP contribution in [0.4, 0.5) is 13.2 Å². The molecule has 2 aromatic carbocycles. The molecule has 2 rings (SSSR count). The summed E-state index contributed by atoms with van der Waals surface area (Å²) in [6, 6.07) is 12.5. The van der Waals surface area contributed by atoms with Gasteiger partial charge in [0.2, 0.25) is 0 Å². The molecule has 5 heteroatoms. The lowest BCUT2D eigenvalue weighted by molar-refractivity contribution is -0.0878. The van der Waals surface area contributed by atoms with Gasteiger partial charge < -0.3 is 5.11 Å². The van der Waals surface area contributed by atoms with Crippen LogP contribution in [0.1, 0.15) is 15.9 Å². The van der Waals surface area contributed by atoms with Gasteiger partial charge in [0.1, 0.15) is 11.3 Å². The Balaban J connectivity index is 2.44. The minimum Gasteiger partial charge on any atom is -0.508 e. The Morgan fingerprint density at radius 2 is 1.52 bits per heavy atom. The summed E-state index contributed by atoms with van der Waals surface area (Å²) in [6.45, 7) is 0. The summed E-state index contributed by atoms with van der Waals surface area (Å²) in [5, 5.41) is 9.12. The first kappa shape index (κ1) is 14.8. The molecule has 0 saturated heterocycles. The van der Waals surface area contributed by atoms with Gasteiger partial charge in [0.15, 0.2) is 5.78 Å². The van der Waals surface area contributed by atoms with Gasteiger partial charge in [-0.25, -0.2) is 0 Å². The summed E-state index contributed by atoms with van der Waals surface area (Å²) in [5.74, 6) is -1.25. The van der Waals surface area contributed by atoms with Gasteiger partial charge in [0.25, 0.3) is 0 Å². The third-order valence-electron chi connectivity index (χ3n) is 2.79. The number of aromatic hydroxyl groups is 1. The van der Waals surface area contributed by atoms with E-state index in [4.69, 9.17) is 5.11 Å². The first-order chi connectivity index (χ1) is 9.88. The fraction of sp³-hybridized carbons (Fsp3) is 0.0625. The van der Waals surface area contributed by atoms with Crippen molar-refractivity contribution in [2.24, 2.45) is 0 Å². The number of alkyl halides is 3. The third-order valence-corrected chi connectivity index (χ3v) is 2.79. The fourth-order valence-electron chi connectivity index (χ4n) is 1.76. The van der Waals surface area contributed by atoms with Crippen molar-refractivity contribution in [1.82, 2.24) is 0 Å². The van der Waals surface area contributed by atoms with Crippen molar-refractivity contribution in [2.45, 2.75) is 6.18 Å². The summed E-state index contributed by atoms with van der Waals surface area (Å²) in [7, 11) is 0. The molecule has 0 unspecified atom stereocenters. The van der Waals surface area contributed by atoms with Crippen LogP contribution in [-0.2, 0) is 0 Å². The van der Waals surface area contributed by atoms with E-state index in [9.17, 15) is 18.0 Å². The number of hydrogen-bond acceptors (Lipinski definition) is 2. The summed E-state index contributed by atoms with van der Waals surface area (Å²) >= 11 is 0. The molecule has 0 radical (unpaired) electrons. The van der Waals surface area contributed by atoms with Crippen molar-refractivity contribution >= 4 is 11.9 Å². The molecule has 21 heavy (non-hydrogen) atoms. The number of rotatable bonds is 3. The lowest BCUT2D eigenvalue weighted by Crippen LogP contribution is -2.20. The molecule has 108 valence electrons. The monoisotopic (exact) mass is 292 g/mol. The molecule has 0 aromatic heterocycles. The van der Waals surface area contributed by atoms with Gasteiger partial charge >= 0.3 is 6.18 Å². The zero-order valence-corrected chi connectivity index (χ0v) is 10.8. The molecular weight excluding hydrogens is 281 g/mol. The van der Waals surface area contributed by atoms with Gasteiger partial charge in [0.05, 0.1) is 0 Å². The Morgan fingerprint density at radius 1 is 0.952 bits per heavy atom. The van der Waals surface area contributed by atoms with E-state index in [0.29, 0.717) is 0 Å². The summed E-state index contributed by atoms with van der Waals surface area (Å²) in [5.41, 5.74) is -1.09. The van der Waals surface area contributed by atoms with Crippen LogP contribution in [0.25, 0.3) is 6.08 Å². The number of hydrogen-bond donors (Lipinski definition) is 1. The maximum atomic E-state index is 13.1. The van der Waals surface area contributed by atoms with Crippen molar-refractivity contribution < 1.29 is 23.1 Å². The normalized spacial score (nSPS) is 12.2. The van der Waals surface area contributed by atoms with Gasteiger partial charge in [-0.15, -0.1) is 0 Å². The Kier molecular flexibility index (Phi) is 4.12. The SMILES string of the molecule is O=C(/C(=C/c1ccccc1)C(F)(F)F)c1ccc(O)cc1. The van der Waals surface area contributed by atoms with Crippen LogP contribution in [0.15, 0.2) is 60.2 Å². The number of ketones is 1. The van der Waals surface area contributed by atoms with Crippen LogP contribution in [-0.4, -0.2) is 17.1 Å². The van der Waals surface area contributed by atoms with E-state index in [2.05, 4.69) is 0 Å². The Hall–Kier alpha value is -2.56. The van der Waals surface area contributed by atoms with E-state index in [1.165, 1.54) is 24.3 Å². The average Bonchev–Trinajstić information content (AvgIpc) is 2.45. The highest BCUT2D eigenvalue weighted by Gasteiger charge is 2.38. The van der Waals surface area contributed by atoms with E-state index < -0.39 is 17.5 Å². The number of phenols is 1. The van der Waals surface area contributed by atoms with Gasteiger partial charge in [-0.1, -0.05) is 30.3 Å². The molecule has 0 aliphatic carbocycles. The van der Waals surface area contributed by atoms with E-state index in [0.717, 1.165) is 18.2 Å². The molecule has 0 heterocycles. The number of halogens is 3. The standard InChI is InChI=1S/C16H11F3O2/c17-16(18,19)14(10-11-4-2-1-3-5-11)15(21)12-6-8-13(20)9-7-12/h1-10,20H/b14-10-. The van der Waals surface area contributed by atoms with Crippen molar-refractivity contribution in [3.05, 3.63) is 71.3 Å². The average molecular weight is 292 g/mol. The minimum atomic E-state index is -4.76. The predicted octanol–water partition coefficient (Wildman–Crippen LogP) is 4.22. The van der Waals surface area contributed by atoms with Crippen molar-refractivity contribution in [2.75, 3.05) is 0 Å². The molecule has 2 nitrogen and oxygen atoms in total. The van der Waals surface area contributed by atoms with Crippen LogP contribution in [0.2, 0.25) is 0 Å². The topological polar surface area (TPSA) is 37.3 Å². The Labute approximate surface area is 119 Å². The second kappa shape index (κ2) is 5.83.